The maximum atomic E-state index is 11.9. The molecule has 2 atom stereocenters. The lowest BCUT2D eigenvalue weighted by molar-refractivity contribution is -0.142. The molecule has 0 spiro atoms. The lowest BCUT2D eigenvalue weighted by Crippen LogP contribution is -2.49. The average molecular weight is 291 g/mol. The molecule has 1 aliphatic carbocycles. The van der Waals surface area contributed by atoms with Gasteiger partial charge in [0.1, 0.15) is 5.60 Å². The van der Waals surface area contributed by atoms with E-state index in [-0.39, 0.29) is 0 Å². The van der Waals surface area contributed by atoms with Crippen LogP contribution in [0.1, 0.15) is 31.9 Å². The maximum Gasteiger partial charge on any atom is 0.407 e. The number of carbonyl (C=O) groups excluding carboxylic acids is 1. The van der Waals surface area contributed by atoms with Gasteiger partial charge in [-0.1, -0.05) is 24.3 Å². The summed E-state index contributed by atoms with van der Waals surface area (Å²) in [6.45, 7) is 5.33. The molecule has 1 aromatic carbocycles. The van der Waals surface area contributed by atoms with Gasteiger partial charge in [0.05, 0.1) is 5.92 Å². The Balaban J connectivity index is 2.14. The second-order valence-electron chi connectivity index (χ2n) is 6.37. The van der Waals surface area contributed by atoms with Crippen LogP contribution in [0.25, 0.3) is 0 Å². The van der Waals surface area contributed by atoms with Gasteiger partial charge in [-0.05, 0) is 44.7 Å². The summed E-state index contributed by atoms with van der Waals surface area (Å²) in [5.74, 6) is -1.53. The molecule has 0 bridgehead atoms. The lowest BCUT2D eigenvalue weighted by Gasteiger charge is -2.31. The van der Waals surface area contributed by atoms with Gasteiger partial charge in [0.2, 0.25) is 0 Å². The van der Waals surface area contributed by atoms with Crippen LogP contribution in [0, 0.1) is 5.92 Å². The lowest BCUT2D eigenvalue weighted by atomic mass is 9.80. The van der Waals surface area contributed by atoms with E-state index in [0.29, 0.717) is 12.8 Å². The normalized spacial score (nSPS) is 21.3. The summed E-state index contributed by atoms with van der Waals surface area (Å²) < 4.78 is 5.21. The van der Waals surface area contributed by atoms with Crippen molar-refractivity contribution in [3.05, 3.63) is 35.4 Å². The number of carboxylic acid groups (broad SMARTS) is 1. The van der Waals surface area contributed by atoms with Crippen molar-refractivity contribution in [2.24, 2.45) is 5.92 Å². The third-order valence-electron chi connectivity index (χ3n) is 3.50. The zero-order chi connectivity index (χ0) is 15.6. The number of hydrogen-bond acceptors (Lipinski definition) is 3. The number of rotatable bonds is 2. The Morgan fingerprint density at radius 3 is 2.29 bits per heavy atom. The van der Waals surface area contributed by atoms with Crippen molar-refractivity contribution in [1.29, 1.82) is 0 Å². The Bertz CT molecular complexity index is 547. The van der Waals surface area contributed by atoms with Gasteiger partial charge in [-0.25, -0.2) is 4.79 Å². The van der Waals surface area contributed by atoms with Gasteiger partial charge in [0.25, 0.3) is 0 Å². The molecular weight excluding hydrogens is 270 g/mol. The SMILES string of the molecule is CC(C)(C)OC(=O)NC1Cc2ccccc2CC1C(=O)O. The van der Waals surface area contributed by atoms with Gasteiger partial charge in [0.15, 0.2) is 0 Å². The molecule has 0 saturated heterocycles. The molecule has 5 nitrogen and oxygen atoms in total. The second-order valence-corrected chi connectivity index (χ2v) is 6.37. The van der Waals surface area contributed by atoms with Crippen molar-refractivity contribution in [2.45, 2.75) is 45.3 Å². The van der Waals surface area contributed by atoms with E-state index in [2.05, 4.69) is 5.32 Å². The monoisotopic (exact) mass is 291 g/mol. The largest absolute Gasteiger partial charge is 0.481 e. The Hall–Kier alpha value is -2.04. The molecule has 2 unspecified atom stereocenters. The van der Waals surface area contributed by atoms with E-state index < -0.39 is 29.6 Å². The first-order chi connectivity index (χ1) is 9.76. The Labute approximate surface area is 124 Å². The van der Waals surface area contributed by atoms with Crippen LogP contribution in [0.3, 0.4) is 0 Å². The number of ether oxygens (including phenoxy) is 1. The van der Waals surface area contributed by atoms with Gasteiger partial charge >= 0.3 is 12.1 Å². The predicted octanol–water partition coefficient (Wildman–Crippen LogP) is 2.38. The van der Waals surface area contributed by atoms with Gasteiger partial charge in [-0.15, -0.1) is 0 Å². The number of amides is 1. The summed E-state index contributed by atoms with van der Waals surface area (Å²) in [7, 11) is 0. The molecule has 114 valence electrons. The van der Waals surface area contributed by atoms with Crippen LogP contribution in [0.5, 0.6) is 0 Å². The number of aliphatic carboxylic acids is 1. The minimum Gasteiger partial charge on any atom is -0.481 e. The van der Waals surface area contributed by atoms with E-state index in [0.717, 1.165) is 11.1 Å². The van der Waals surface area contributed by atoms with E-state index >= 15 is 0 Å². The minimum absolute atomic E-state index is 0.423. The first-order valence-electron chi connectivity index (χ1n) is 7.05. The van der Waals surface area contributed by atoms with Crippen LogP contribution in [0.4, 0.5) is 4.79 Å². The van der Waals surface area contributed by atoms with E-state index in [9.17, 15) is 14.7 Å². The van der Waals surface area contributed by atoms with Gasteiger partial charge in [-0.3, -0.25) is 4.79 Å². The molecule has 2 N–H and O–H groups in total. The number of carboxylic acids is 1. The van der Waals surface area contributed by atoms with Crippen LogP contribution in [-0.2, 0) is 22.4 Å². The fourth-order valence-electron chi connectivity index (χ4n) is 2.58. The summed E-state index contributed by atoms with van der Waals surface area (Å²) >= 11 is 0. The zero-order valence-electron chi connectivity index (χ0n) is 12.6. The molecule has 21 heavy (non-hydrogen) atoms. The fourth-order valence-corrected chi connectivity index (χ4v) is 2.58. The highest BCUT2D eigenvalue weighted by atomic mass is 16.6. The highest BCUT2D eigenvalue weighted by molar-refractivity contribution is 5.74. The molecule has 0 saturated carbocycles. The van der Waals surface area contributed by atoms with Crippen molar-refractivity contribution in [1.82, 2.24) is 5.32 Å². The number of nitrogens with one attached hydrogen (secondary N) is 1. The van der Waals surface area contributed by atoms with Crippen LogP contribution in [-0.4, -0.2) is 28.8 Å². The van der Waals surface area contributed by atoms with Crippen molar-refractivity contribution >= 4 is 12.1 Å². The molecule has 0 fully saturated rings. The molecule has 0 heterocycles. The van der Waals surface area contributed by atoms with Crippen LogP contribution in [0.2, 0.25) is 0 Å². The molecule has 5 heteroatoms. The van der Waals surface area contributed by atoms with E-state index in [1.807, 2.05) is 24.3 Å². The first kappa shape index (κ1) is 15.4. The van der Waals surface area contributed by atoms with E-state index in [1.54, 1.807) is 20.8 Å². The van der Waals surface area contributed by atoms with Crippen LogP contribution in [0.15, 0.2) is 24.3 Å². The number of fused-ring (bicyclic) bond motifs is 1. The number of benzene rings is 1. The van der Waals surface area contributed by atoms with Crippen molar-refractivity contribution < 1.29 is 19.4 Å². The zero-order valence-corrected chi connectivity index (χ0v) is 12.6. The van der Waals surface area contributed by atoms with Crippen LogP contribution >= 0.6 is 0 Å². The third kappa shape index (κ3) is 3.97. The second kappa shape index (κ2) is 5.76. The van der Waals surface area contributed by atoms with E-state index in [1.165, 1.54) is 0 Å². The average Bonchev–Trinajstić information content (AvgIpc) is 2.35. The number of hydrogen-bond donors (Lipinski definition) is 2. The Morgan fingerprint density at radius 1 is 1.19 bits per heavy atom. The smallest absolute Gasteiger partial charge is 0.407 e. The van der Waals surface area contributed by atoms with Gasteiger partial charge in [-0.2, -0.15) is 0 Å². The van der Waals surface area contributed by atoms with Gasteiger partial charge < -0.3 is 15.2 Å². The molecule has 2 rings (SSSR count). The van der Waals surface area contributed by atoms with Crippen molar-refractivity contribution in [3.8, 4) is 0 Å². The quantitative estimate of drug-likeness (QED) is 0.877. The molecule has 0 aromatic heterocycles. The summed E-state index contributed by atoms with van der Waals surface area (Å²) in [5.41, 5.74) is 1.51. The molecule has 1 aliphatic rings. The summed E-state index contributed by atoms with van der Waals surface area (Å²) in [4.78, 5) is 23.3. The number of alkyl carbamates (subject to hydrolysis) is 1. The maximum absolute atomic E-state index is 11.9. The summed E-state index contributed by atoms with van der Waals surface area (Å²) in [6.07, 6.45) is 0.358. The van der Waals surface area contributed by atoms with Crippen LogP contribution < -0.4 is 5.32 Å². The van der Waals surface area contributed by atoms with E-state index in [4.69, 9.17) is 4.74 Å². The summed E-state index contributed by atoms with van der Waals surface area (Å²) in [6, 6.07) is 7.28. The molecule has 1 aromatic rings. The minimum atomic E-state index is -0.898. The topological polar surface area (TPSA) is 75.6 Å². The highest BCUT2D eigenvalue weighted by Crippen LogP contribution is 2.26. The summed E-state index contributed by atoms with van der Waals surface area (Å²) in [5, 5.41) is 12.1. The first-order valence-corrected chi connectivity index (χ1v) is 7.05. The third-order valence-corrected chi connectivity index (χ3v) is 3.50. The molecule has 1 amide bonds. The standard InChI is InChI=1S/C16H21NO4/c1-16(2,3)21-15(20)17-13-9-11-7-5-4-6-10(11)8-12(13)14(18)19/h4-7,12-13H,8-9H2,1-3H3,(H,17,20)(H,18,19). The number of carbonyl (C=O) groups is 2. The van der Waals surface area contributed by atoms with Gasteiger partial charge in [0, 0.05) is 6.04 Å². The molecule has 0 aliphatic heterocycles. The molecular formula is C16H21NO4. The molecule has 0 radical (unpaired) electrons. The highest BCUT2D eigenvalue weighted by Gasteiger charge is 2.35. The Kier molecular flexibility index (Phi) is 4.21. The van der Waals surface area contributed by atoms with Crippen molar-refractivity contribution in [2.75, 3.05) is 0 Å². The fraction of sp³-hybridized carbons (Fsp3) is 0.500. The van der Waals surface area contributed by atoms with Crippen molar-refractivity contribution in [3.63, 3.8) is 0 Å². The predicted molar refractivity (Wildman–Crippen MR) is 78.1 cm³/mol. The Morgan fingerprint density at radius 2 is 1.76 bits per heavy atom.